The van der Waals surface area contributed by atoms with Crippen LogP contribution in [0.3, 0.4) is 0 Å². The van der Waals surface area contributed by atoms with Gasteiger partial charge in [0.05, 0.1) is 35.9 Å². The number of hydrogen-bond acceptors (Lipinski definition) is 6. The van der Waals surface area contributed by atoms with Crippen LogP contribution in [-0.4, -0.2) is 41.1 Å². The SMILES string of the molecule is COCCn1c(SCC(=O)OC(C)C)nc2ccc(Br)cc2c1=O. The zero-order valence-corrected chi connectivity index (χ0v) is 16.1. The maximum absolute atomic E-state index is 12.7. The van der Waals surface area contributed by atoms with E-state index in [-0.39, 0.29) is 23.4 Å². The minimum Gasteiger partial charge on any atom is -0.462 e. The lowest BCUT2D eigenvalue weighted by Crippen LogP contribution is -2.25. The molecule has 1 aromatic carbocycles. The second-order valence-corrected chi connectivity index (χ2v) is 7.19. The number of fused-ring (bicyclic) bond motifs is 1. The first kappa shape index (κ1) is 19.0. The Bertz CT molecular complexity index is 791. The highest BCUT2D eigenvalue weighted by Gasteiger charge is 2.14. The minimum atomic E-state index is -0.335. The van der Waals surface area contributed by atoms with Crippen molar-refractivity contribution in [3.8, 4) is 0 Å². The van der Waals surface area contributed by atoms with E-state index in [0.29, 0.717) is 29.2 Å². The number of nitrogens with zero attached hydrogens (tertiary/aromatic N) is 2. The van der Waals surface area contributed by atoms with E-state index in [1.807, 2.05) is 6.07 Å². The number of esters is 1. The number of hydrogen-bond donors (Lipinski definition) is 0. The van der Waals surface area contributed by atoms with Crippen LogP contribution in [0.4, 0.5) is 0 Å². The molecule has 1 aromatic heterocycles. The molecule has 0 fully saturated rings. The third-order valence-corrected chi connectivity index (χ3v) is 4.53. The van der Waals surface area contributed by atoms with E-state index in [9.17, 15) is 9.59 Å². The average Bonchev–Trinajstić information content (AvgIpc) is 2.52. The maximum Gasteiger partial charge on any atom is 0.316 e. The van der Waals surface area contributed by atoms with Gasteiger partial charge in [0.1, 0.15) is 0 Å². The highest BCUT2D eigenvalue weighted by molar-refractivity contribution is 9.10. The molecular formula is C16H19BrN2O4S. The molecule has 0 N–H and O–H groups in total. The van der Waals surface area contributed by atoms with Crippen molar-refractivity contribution in [2.75, 3.05) is 19.5 Å². The molecule has 0 unspecified atom stereocenters. The highest BCUT2D eigenvalue weighted by Crippen LogP contribution is 2.20. The molecule has 24 heavy (non-hydrogen) atoms. The molecule has 0 bridgehead atoms. The lowest BCUT2D eigenvalue weighted by Gasteiger charge is -2.13. The Kier molecular flexibility index (Phi) is 6.82. The summed E-state index contributed by atoms with van der Waals surface area (Å²) in [7, 11) is 1.57. The quantitative estimate of drug-likeness (QED) is 0.394. The third kappa shape index (κ3) is 4.81. The molecule has 0 aliphatic heterocycles. The summed E-state index contributed by atoms with van der Waals surface area (Å²) in [6, 6.07) is 5.35. The van der Waals surface area contributed by atoms with E-state index in [1.54, 1.807) is 33.1 Å². The number of carbonyl (C=O) groups excluding carboxylic acids is 1. The van der Waals surface area contributed by atoms with Gasteiger partial charge in [-0.2, -0.15) is 0 Å². The molecule has 0 aliphatic carbocycles. The zero-order chi connectivity index (χ0) is 17.7. The van der Waals surface area contributed by atoms with Gasteiger partial charge in [-0.3, -0.25) is 14.2 Å². The van der Waals surface area contributed by atoms with Crippen LogP contribution in [0.25, 0.3) is 10.9 Å². The van der Waals surface area contributed by atoms with Crippen LogP contribution in [0.15, 0.2) is 32.6 Å². The van der Waals surface area contributed by atoms with Crippen molar-refractivity contribution in [1.29, 1.82) is 0 Å². The van der Waals surface area contributed by atoms with E-state index in [4.69, 9.17) is 9.47 Å². The smallest absolute Gasteiger partial charge is 0.316 e. The Balaban J connectivity index is 2.37. The number of halogens is 1. The van der Waals surface area contributed by atoms with Gasteiger partial charge in [0.15, 0.2) is 5.16 Å². The van der Waals surface area contributed by atoms with Crippen molar-refractivity contribution in [1.82, 2.24) is 9.55 Å². The number of carbonyl (C=O) groups is 1. The zero-order valence-electron chi connectivity index (χ0n) is 13.7. The predicted molar refractivity (Wildman–Crippen MR) is 97.5 cm³/mol. The highest BCUT2D eigenvalue weighted by atomic mass is 79.9. The predicted octanol–water partition coefficient (Wildman–Crippen LogP) is 2.85. The van der Waals surface area contributed by atoms with Gasteiger partial charge in [-0.15, -0.1) is 0 Å². The second kappa shape index (κ2) is 8.64. The van der Waals surface area contributed by atoms with E-state index in [2.05, 4.69) is 20.9 Å². The van der Waals surface area contributed by atoms with Crippen molar-refractivity contribution in [2.24, 2.45) is 0 Å². The number of ether oxygens (including phenoxy) is 2. The largest absolute Gasteiger partial charge is 0.462 e. The molecule has 0 saturated heterocycles. The maximum atomic E-state index is 12.7. The molecule has 0 spiro atoms. The average molecular weight is 415 g/mol. The number of methoxy groups -OCH3 is 1. The Hall–Kier alpha value is -1.38. The van der Waals surface area contributed by atoms with Crippen LogP contribution < -0.4 is 5.56 Å². The van der Waals surface area contributed by atoms with E-state index in [1.165, 1.54) is 16.3 Å². The minimum absolute atomic E-state index is 0.0969. The summed E-state index contributed by atoms with van der Waals surface area (Å²) in [5.41, 5.74) is 0.440. The van der Waals surface area contributed by atoms with Crippen molar-refractivity contribution in [3.63, 3.8) is 0 Å². The molecule has 0 saturated carbocycles. The fourth-order valence-electron chi connectivity index (χ4n) is 2.08. The summed E-state index contributed by atoms with van der Waals surface area (Å²) in [6.45, 7) is 4.34. The van der Waals surface area contributed by atoms with Crippen LogP contribution in [0.5, 0.6) is 0 Å². The summed E-state index contributed by atoms with van der Waals surface area (Å²) in [5, 5.41) is 1.00. The first-order valence-electron chi connectivity index (χ1n) is 7.43. The molecule has 0 atom stereocenters. The Morgan fingerprint density at radius 2 is 2.17 bits per heavy atom. The van der Waals surface area contributed by atoms with Gasteiger partial charge in [0.25, 0.3) is 5.56 Å². The number of rotatable bonds is 7. The lowest BCUT2D eigenvalue weighted by molar-refractivity contribution is -0.144. The van der Waals surface area contributed by atoms with Gasteiger partial charge in [-0.25, -0.2) is 4.98 Å². The van der Waals surface area contributed by atoms with Gasteiger partial charge in [-0.05, 0) is 32.0 Å². The molecule has 0 aliphatic rings. The van der Waals surface area contributed by atoms with E-state index >= 15 is 0 Å². The normalized spacial score (nSPS) is 11.2. The molecule has 8 heteroatoms. The van der Waals surface area contributed by atoms with Gasteiger partial charge < -0.3 is 9.47 Å². The first-order valence-corrected chi connectivity index (χ1v) is 9.21. The molecule has 0 radical (unpaired) electrons. The van der Waals surface area contributed by atoms with Crippen molar-refractivity contribution < 1.29 is 14.3 Å². The van der Waals surface area contributed by atoms with Crippen LogP contribution in [-0.2, 0) is 20.8 Å². The summed E-state index contributed by atoms with van der Waals surface area (Å²) >= 11 is 4.56. The Morgan fingerprint density at radius 3 is 2.83 bits per heavy atom. The van der Waals surface area contributed by atoms with Gasteiger partial charge >= 0.3 is 5.97 Å². The van der Waals surface area contributed by atoms with Gasteiger partial charge in [0, 0.05) is 11.6 Å². The van der Waals surface area contributed by atoms with Crippen molar-refractivity contribution in [2.45, 2.75) is 31.7 Å². The standard InChI is InChI=1S/C16H19BrN2O4S/c1-10(2)23-14(20)9-24-16-18-13-5-4-11(17)8-12(13)15(21)19(16)6-7-22-3/h4-5,8,10H,6-7,9H2,1-3H3. The van der Waals surface area contributed by atoms with E-state index in [0.717, 1.165) is 4.47 Å². The second-order valence-electron chi connectivity index (χ2n) is 5.33. The molecule has 6 nitrogen and oxygen atoms in total. The Morgan fingerprint density at radius 1 is 1.42 bits per heavy atom. The molecule has 0 amide bonds. The molecule has 2 rings (SSSR count). The molecule has 2 aromatic rings. The number of aromatic nitrogens is 2. The van der Waals surface area contributed by atoms with Crippen LogP contribution in [0, 0.1) is 0 Å². The third-order valence-electron chi connectivity index (χ3n) is 3.09. The van der Waals surface area contributed by atoms with Gasteiger partial charge in [-0.1, -0.05) is 27.7 Å². The fourth-order valence-corrected chi connectivity index (χ4v) is 3.25. The summed E-state index contributed by atoms with van der Waals surface area (Å²) < 4.78 is 12.5. The van der Waals surface area contributed by atoms with Gasteiger partial charge in [0.2, 0.25) is 0 Å². The van der Waals surface area contributed by atoms with E-state index < -0.39 is 0 Å². The monoisotopic (exact) mass is 414 g/mol. The first-order chi connectivity index (χ1) is 11.4. The number of benzene rings is 1. The molecule has 130 valence electrons. The van der Waals surface area contributed by atoms with Crippen molar-refractivity contribution in [3.05, 3.63) is 33.0 Å². The van der Waals surface area contributed by atoms with Crippen molar-refractivity contribution >= 4 is 44.6 Å². The summed E-state index contributed by atoms with van der Waals surface area (Å²) in [4.78, 5) is 29.0. The summed E-state index contributed by atoms with van der Waals surface area (Å²) in [6.07, 6.45) is -0.171. The number of thioether (sulfide) groups is 1. The topological polar surface area (TPSA) is 70.4 Å². The molecule has 1 heterocycles. The lowest BCUT2D eigenvalue weighted by atomic mass is 10.2. The van der Waals surface area contributed by atoms with Crippen LogP contribution in [0.1, 0.15) is 13.8 Å². The molecular weight excluding hydrogens is 396 g/mol. The Labute approximate surface area is 152 Å². The van der Waals surface area contributed by atoms with Crippen LogP contribution in [0.2, 0.25) is 0 Å². The summed E-state index contributed by atoms with van der Waals surface area (Å²) in [5.74, 6) is -0.238. The fraction of sp³-hybridized carbons (Fsp3) is 0.438. The van der Waals surface area contributed by atoms with Crippen LogP contribution >= 0.6 is 27.7 Å².